The molecule has 0 amide bonds. The summed E-state index contributed by atoms with van der Waals surface area (Å²) in [5, 5.41) is 8.81. The molecule has 0 bridgehead atoms. The second-order valence-electron chi connectivity index (χ2n) is 11.2. The average Bonchev–Trinajstić information content (AvgIpc) is 3.47. The molecule has 3 heteroatoms. The number of fused-ring (bicyclic) bond motifs is 8. The summed E-state index contributed by atoms with van der Waals surface area (Å²) in [6, 6.07) is 54.9. The van der Waals surface area contributed by atoms with Crippen LogP contribution in [0.25, 0.3) is 63.7 Å². The van der Waals surface area contributed by atoms with Gasteiger partial charge in [-0.05, 0) is 98.0 Å². The number of pyridine rings is 1. The van der Waals surface area contributed by atoms with Crippen molar-refractivity contribution in [2.45, 2.75) is 0 Å². The molecule has 2 nitrogen and oxygen atoms in total. The lowest BCUT2D eigenvalue weighted by Gasteiger charge is -2.26. The summed E-state index contributed by atoms with van der Waals surface area (Å²) in [6.07, 6.45) is 1.89. The Balaban J connectivity index is 1.25. The molecule has 0 N–H and O–H groups in total. The molecule has 9 rings (SSSR count). The number of benzene rings is 7. The fourth-order valence-electron chi connectivity index (χ4n) is 6.57. The number of thiophene rings is 1. The van der Waals surface area contributed by atoms with E-state index in [1.54, 1.807) is 11.3 Å². The Morgan fingerprint density at radius 2 is 1.11 bits per heavy atom. The summed E-state index contributed by atoms with van der Waals surface area (Å²) in [6.45, 7) is 0. The second-order valence-corrected chi connectivity index (χ2v) is 12.3. The topological polar surface area (TPSA) is 16.1 Å². The summed E-state index contributed by atoms with van der Waals surface area (Å²) < 4.78 is 2.46. The molecule has 0 spiro atoms. The molecule has 0 aliphatic carbocycles. The van der Waals surface area contributed by atoms with Gasteiger partial charge in [0.2, 0.25) is 0 Å². The maximum Gasteiger partial charge on any atom is 0.0889 e. The highest BCUT2D eigenvalue weighted by molar-refractivity contribution is 7.25. The van der Waals surface area contributed by atoms with Gasteiger partial charge >= 0.3 is 0 Å². The molecule has 7 aromatic carbocycles. The average molecular weight is 579 g/mol. The van der Waals surface area contributed by atoms with Crippen molar-refractivity contribution in [3.63, 3.8) is 0 Å². The zero-order chi connectivity index (χ0) is 29.0. The molecule has 0 radical (unpaired) electrons. The largest absolute Gasteiger partial charge is 0.310 e. The summed E-state index contributed by atoms with van der Waals surface area (Å²) in [5.41, 5.74) is 6.83. The second kappa shape index (κ2) is 10.0. The number of rotatable bonds is 4. The fraction of sp³-hybridized carbons (Fsp3) is 0. The first-order valence-corrected chi connectivity index (χ1v) is 15.7. The first-order valence-electron chi connectivity index (χ1n) is 14.9. The smallest absolute Gasteiger partial charge is 0.0889 e. The van der Waals surface area contributed by atoms with Crippen LogP contribution in [-0.4, -0.2) is 4.98 Å². The summed E-state index contributed by atoms with van der Waals surface area (Å²) in [5.74, 6) is 0. The zero-order valence-corrected chi connectivity index (χ0v) is 24.6. The highest BCUT2D eigenvalue weighted by atomic mass is 32.1. The molecule has 0 fully saturated rings. The van der Waals surface area contributed by atoms with Crippen molar-refractivity contribution < 1.29 is 0 Å². The van der Waals surface area contributed by atoms with Crippen LogP contribution in [0, 0.1) is 0 Å². The van der Waals surface area contributed by atoms with E-state index in [1.807, 2.05) is 12.3 Å². The van der Waals surface area contributed by atoms with Crippen LogP contribution < -0.4 is 4.90 Å². The van der Waals surface area contributed by atoms with Crippen molar-refractivity contribution in [2.75, 3.05) is 4.90 Å². The lowest BCUT2D eigenvalue weighted by molar-refractivity contribution is 1.29. The third kappa shape index (κ3) is 4.05. The van der Waals surface area contributed by atoms with Crippen LogP contribution >= 0.6 is 11.3 Å². The summed E-state index contributed by atoms with van der Waals surface area (Å²) >= 11 is 1.80. The van der Waals surface area contributed by atoms with Crippen LogP contribution in [0.15, 0.2) is 158 Å². The van der Waals surface area contributed by atoms with Gasteiger partial charge in [-0.25, -0.2) is 0 Å². The normalized spacial score (nSPS) is 11.6. The van der Waals surface area contributed by atoms with Gasteiger partial charge in [0, 0.05) is 33.3 Å². The number of aromatic nitrogens is 1. The first kappa shape index (κ1) is 25.0. The number of hydrogen-bond donors (Lipinski definition) is 0. The quantitative estimate of drug-likeness (QED) is 0.193. The van der Waals surface area contributed by atoms with Crippen molar-refractivity contribution in [3.05, 3.63) is 158 Å². The van der Waals surface area contributed by atoms with Crippen molar-refractivity contribution in [1.29, 1.82) is 0 Å². The van der Waals surface area contributed by atoms with Crippen molar-refractivity contribution in [2.24, 2.45) is 0 Å². The van der Waals surface area contributed by atoms with E-state index in [0.717, 1.165) is 22.6 Å². The predicted molar refractivity (Wildman–Crippen MR) is 190 cm³/mol. The third-order valence-electron chi connectivity index (χ3n) is 8.67. The van der Waals surface area contributed by atoms with Crippen molar-refractivity contribution in [1.82, 2.24) is 4.98 Å². The minimum atomic E-state index is 1.06. The molecule has 9 aromatic rings. The van der Waals surface area contributed by atoms with Crippen LogP contribution in [-0.2, 0) is 0 Å². The van der Waals surface area contributed by atoms with E-state index < -0.39 is 0 Å². The van der Waals surface area contributed by atoms with E-state index in [9.17, 15) is 0 Å². The van der Waals surface area contributed by atoms with Crippen LogP contribution in [0.2, 0.25) is 0 Å². The minimum Gasteiger partial charge on any atom is -0.310 e. The molecule has 0 saturated carbocycles. The van der Waals surface area contributed by atoms with Crippen LogP contribution in [0.1, 0.15) is 0 Å². The van der Waals surface area contributed by atoms with Crippen LogP contribution in [0.5, 0.6) is 0 Å². The van der Waals surface area contributed by atoms with E-state index in [0.29, 0.717) is 0 Å². The molecular weight excluding hydrogens is 553 g/mol. The Kier molecular flexibility index (Phi) is 5.71. The number of nitrogens with zero attached hydrogens (tertiary/aromatic N) is 2. The Morgan fingerprint density at radius 1 is 0.432 bits per heavy atom. The van der Waals surface area contributed by atoms with Gasteiger partial charge in [0.25, 0.3) is 0 Å². The standard InChI is InChI=1S/C41H26N2S/c1-2-7-27(8-3-1)28-16-18-32(19-17-28)43(34-21-23-38-37(26-34)41-39(44-38)11-6-24-42-41)33-20-22-36-31(25-33)15-14-30-13-12-29-9-4-5-10-35(29)40(30)36/h1-26H. The minimum absolute atomic E-state index is 1.06. The SMILES string of the molecule is c1ccc(-c2ccc(N(c3ccc4c(ccc5ccc6ccccc6c54)c3)c3ccc4sc5cccnc5c4c3)cc2)cc1. The highest BCUT2D eigenvalue weighted by Gasteiger charge is 2.17. The zero-order valence-electron chi connectivity index (χ0n) is 23.8. The number of hydrogen-bond acceptors (Lipinski definition) is 3. The molecule has 0 saturated heterocycles. The summed E-state index contributed by atoms with van der Waals surface area (Å²) in [7, 11) is 0. The monoisotopic (exact) mass is 578 g/mol. The van der Waals surface area contributed by atoms with E-state index in [1.165, 1.54) is 58.2 Å². The van der Waals surface area contributed by atoms with Gasteiger partial charge in [-0.3, -0.25) is 4.98 Å². The van der Waals surface area contributed by atoms with Gasteiger partial charge in [0.1, 0.15) is 0 Å². The molecule has 0 aliphatic rings. The molecule has 0 unspecified atom stereocenters. The molecule has 2 heterocycles. The molecule has 0 aliphatic heterocycles. The van der Waals surface area contributed by atoms with Crippen molar-refractivity contribution >= 4 is 81.0 Å². The maximum absolute atomic E-state index is 4.75. The van der Waals surface area contributed by atoms with Crippen LogP contribution in [0.4, 0.5) is 17.1 Å². The maximum atomic E-state index is 4.75. The highest BCUT2D eigenvalue weighted by Crippen LogP contribution is 2.42. The van der Waals surface area contributed by atoms with Crippen LogP contribution in [0.3, 0.4) is 0 Å². The Hall–Kier alpha value is -5.51. The van der Waals surface area contributed by atoms with Gasteiger partial charge in [0.15, 0.2) is 0 Å². The van der Waals surface area contributed by atoms with E-state index in [4.69, 9.17) is 4.98 Å². The van der Waals surface area contributed by atoms with E-state index in [2.05, 4.69) is 150 Å². The molecule has 206 valence electrons. The number of anilines is 3. The lowest BCUT2D eigenvalue weighted by atomic mass is 9.96. The van der Waals surface area contributed by atoms with Gasteiger partial charge < -0.3 is 4.90 Å². The van der Waals surface area contributed by atoms with Gasteiger partial charge in [-0.1, -0.05) is 97.1 Å². The van der Waals surface area contributed by atoms with Gasteiger partial charge in [-0.15, -0.1) is 11.3 Å². The molecule has 44 heavy (non-hydrogen) atoms. The van der Waals surface area contributed by atoms with Crippen molar-refractivity contribution in [3.8, 4) is 11.1 Å². The molecule has 0 atom stereocenters. The molecular formula is C41H26N2S. The fourth-order valence-corrected chi connectivity index (χ4v) is 7.61. The Labute approximate surface area is 259 Å². The van der Waals surface area contributed by atoms with E-state index in [-0.39, 0.29) is 0 Å². The predicted octanol–water partition coefficient (Wildman–Crippen LogP) is 12.0. The first-order chi connectivity index (χ1) is 21.8. The lowest BCUT2D eigenvalue weighted by Crippen LogP contribution is -2.09. The Bertz CT molecular complexity index is 2490. The Morgan fingerprint density at radius 3 is 2.00 bits per heavy atom. The summed E-state index contributed by atoms with van der Waals surface area (Å²) in [4.78, 5) is 7.12. The third-order valence-corrected chi connectivity index (χ3v) is 9.79. The van der Waals surface area contributed by atoms with Gasteiger partial charge in [-0.2, -0.15) is 0 Å². The van der Waals surface area contributed by atoms with E-state index >= 15 is 0 Å². The van der Waals surface area contributed by atoms with Gasteiger partial charge in [0.05, 0.1) is 10.2 Å². The molecule has 2 aromatic heterocycles.